The van der Waals surface area contributed by atoms with E-state index in [1.807, 2.05) is 0 Å². The van der Waals surface area contributed by atoms with Gasteiger partial charge >= 0.3 is 35.2 Å². The van der Waals surface area contributed by atoms with E-state index in [0.29, 0.717) is 0 Å². The van der Waals surface area contributed by atoms with Crippen LogP contribution in [-0.4, -0.2) is 49.4 Å². The van der Waals surface area contributed by atoms with Gasteiger partial charge in [0, 0.05) is 18.2 Å². The van der Waals surface area contributed by atoms with Crippen molar-refractivity contribution in [2.45, 2.75) is 12.8 Å². The van der Waals surface area contributed by atoms with Crippen molar-refractivity contribution in [1.29, 1.82) is 0 Å². The molecule has 0 saturated carbocycles. The molecular formula is C21H15O12+. The van der Waals surface area contributed by atoms with Crippen molar-refractivity contribution < 1.29 is 58.6 Å². The summed E-state index contributed by atoms with van der Waals surface area (Å²) in [4.78, 5) is 45.3. The number of phenolic OH excluding ortho intramolecular Hbond substituents is 3. The van der Waals surface area contributed by atoms with E-state index in [2.05, 4.69) is 0 Å². The molecule has 0 spiro atoms. The summed E-state index contributed by atoms with van der Waals surface area (Å²) in [6.07, 6.45) is -1.96. The maximum absolute atomic E-state index is 12.0. The first kappa shape index (κ1) is 22.8. The lowest BCUT2D eigenvalue weighted by molar-refractivity contribution is -0.147. The molecule has 3 rings (SSSR count). The lowest BCUT2D eigenvalue weighted by Gasteiger charge is -2.08. The van der Waals surface area contributed by atoms with Gasteiger partial charge in [0.25, 0.3) is 0 Å². The third kappa shape index (κ3) is 5.44. The maximum atomic E-state index is 12.0. The minimum absolute atomic E-state index is 0.0311. The summed E-state index contributed by atoms with van der Waals surface area (Å²) in [6, 6.07) is 6.74. The summed E-state index contributed by atoms with van der Waals surface area (Å²) in [5.41, 5.74) is -0.00758. The second-order valence-corrected chi connectivity index (χ2v) is 6.59. The molecule has 0 unspecified atom stereocenters. The van der Waals surface area contributed by atoms with Gasteiger partial charge in [0.2, 0.25) is 5.75 Å². The number of carbonyl (C=O) groups is 4. The topological polar surface area (TPSA) is 199 Å². The summed E-state index contributed by atoms with van der Waals surface area (Å²) in [5, 5.41) is 46.8. The van der Waals surface area contributed by atoms with Crippen molar-refractivity contribution in [2.75, 3.05) is 0 Å². The lowest BCUT2D eigenvalue weighted by atomic mass is 10.1. The fourth-order valence-electron chi connectivity index (χ4n) is 2.76. The molecule has 0 fully saturated rings. The van der Waals surface area contributed by atoms with E-state index in [9.17, 15) is 34.5 Å². The number of esters is 2. The Morgan fingerprint density at radius 1 is 0.758 bits per heavy atom. The molecule has 0 bridgehead atoms. The number of phenols is 3. The number of rotatable bonds is 7. The van der Waals surface area contributed by atoms with Gasteiger partial charge in [0.15, 0.2) is 17.2 Å². The highest BCUT2D eigenvalue weighted by molar-refractivity contribution is 5.96. The van der Waals surface area contributed by atoms with Gasteiger partial charge in [-0.3, -0.25) is 19.2 Å². The molecule has 12 heteroatoms. The number of fused-ring (bicyclic) bond motifs is 1. The minimum atomic E-state index is -1.46. The van der Waals surface area contributed by atoms with Crippen LogP contribution >= 0.6 is 0 Å². The molecule has 0 amide bonds. The van der Waals surface area contributed by atoms with E-state index in [-0.39, 0.29) is 33.8 Å². The van der Waals surface area contributed by atoms with Crippen LogP contribution in [0, 0.1) is 0 Å². The quantitative estimate of drug-likeness (QED) is 0.114. The Kier molecular flexibility index (Phi) is 6.29. The standard InChI is InChI=1S/C21H14O12/c22-10-4-14(31-19(29)7-17(25)26)11-6-16(32-20(30)8-18(27)28)21(33-15(11)5-10)9-1-2-12(23)13(24)3-9/h1-6H,7-8H2,(H4-,22,23,24,25,26,27,28)/p+1. The lowest BCUT2D eigenvalue weighted by Crippen LogP contribution is -2.14. The Labute approximate surface area is 183 Å². The van der Waals surface area contributed by atoms with Gasteiger partial charge in [-0.25, -0.2) is 4.42 Å². The number of aliphatic carboxylic acids is 2. The Hall–Kier alpha value is -4.87. The third-order valence-corrected chi connectivity index (χ3v) is 4.08. The smallest absolute Gasteiger partial charge is 0.403 e. The second-order valence-electron chi connectivity index (χ2n) is 6.59. The van der Waals surface area contributed by atoms with Crippen molar-refractivity contribution in [3.05, 3.63) is 36.4 Å². The first-order chi connectivity index (χ1) is 15.5. The van der Waals surface area contributed by atoms with E-state index in [0.717, 1.165) is 30.3 Å². The molecule has 1 aromatic heterocycles. The molecule has 0 atom stereocenters. The van der Waals surface area contributed by atoms with Gasteiger partial charge in [0.05, 0.1) is 11.6 Å². The molecule has 0 aliphatic carbocycles. The predicted octanol–water partition coefficient (Wildman–Crippen LogP) is 2.26. The fourth-order valence-corrected chi connectivity index (χ4v) is 2.76. The SMILES string of the molecule is O=C(O)CC(=O)Oc1cc2c(OC(=O)CC(=O)O)cc(O)cc2[o+]c1-c1ccc(O)c(O)c1. The van der Waals surface area contributed by atoms with Crippen molar-refractivity contribution in [1.82, 2.24) is 0 Å². The molecule has 5 N–H and O–H groups in total. The second kappa shape index (κ2) is 9.09. The number of carboxylic acids is 2. The van der Waals surface area contributed by atoms with Crippen LogP contribution in [0.4, 0.5) is 0 Å². The number of carbonyl (C=O) groups excluding carboxylic acids is 2. The Bertz CT molecular complexity index is 1290. The van der Waals surface area contributed by atoms with E-state index in [1.54, 1.807) is 0 Å². The number of ether oxygens (including phenoxy) is 2. The molecule has 0 saturated heterocycles. The number of hydrogen-bond acceptors (Lipinski definition) is 9. The summed E-state index contributed by atoms with van der Waals surface area (Å²) < 4.78 is 15.7. The first-order valence-corrected chi connectivity index (χ1v) is 9.04. The Morgan fingerprint density at radius 3 is 1.94 bits per heavy atom. The van der Waals surface area contributed by atoms with E-state index in [4.69, 9.17) is 24.1 Å². The molecule has 0 radical (unpaired) electrons. The van der Waals surface area contributed by atoms with Gasteiger partial charge in [-0.2, -0.15) is 0 Å². The van der Waals surface area contributed by atoms with E-state index >= 15 is 0 Å². The number of hydrogen-bond donors (Lipinski definition) is 5. The largest absolute Gasteiger partial charge is 0.507 e. The highest BCUT2D eigenvalue weighted by Crippen LogP contribution is 2.41. The molecule has 0 aliphatic heterocycles. The average molecular weight is 459 g/mol. The van der Waals surface area contributed by atoms with Crippen LogP contribution < -0.4 is 9.47 Å². The van der Waals surface area contributed by atoms with Crippen LogP contribution in [0.1, 0.15) is 12.8 Å². The van der Waals surface area contributed by atoms with Crippen LogP contribution in [0.15, 0.2) is 40.8 Å². The van der Waals surface area contributed by atoms with Crippen LogP contribution in [0.25, 0.3) is 22.3 Å². The number of carboxylic acid groups (broad SMARTS) is 2. The molecule has 1 heterocycles. The van der Waals surface area contributed by atoms with Crippen molar-refractivity contribution in [3.63, 3.8) is 0 Å². The third-order valence-electron chi connectivity index (χ3n) is 4.08. The zero-order chi connectivity index (χ0) is 24.3. The minimum Gasteiger partial charge on any atom is -0.507 e. The highest BCUT2D eigenvalue weighted by Gasteiger charge is 2.29. The summed E-state index contributed by atoms with van der Waals surface area (Å²) in [5.74, 6) is -7.53. The van der Waals surface area contributed by atoms with Crippen molar-refractivity contribution in [2.24, 2.45) is 0 Å². The highest BCUT2D eigenvalue weighted by atomic mass is 16.5. The summed E-state index contributed by atoms with van der Waals surface area (Å²) >= 11 is 0. The van der Waals surface area contributed by atoms with Crippen molar-refractivity contribution >= 4 is 34.8 Å². The molecule has 2 aromatic carbocycles. The van der Waals surface area contributed by atoms with Gasteiger partial charge in [-0.15, -0.1) is 0 Å². The van der Waals surface area contributed by atoms with Crippen molar-refractivity contribution in [3.8, 4) is 40.1 Å². The van der Waals surface area contributed by atoms with Gasteiger partial charge < -0.3 is 35.0 Å². The normalized spacial score (nSPS) is 10.5. The zero-order valence-corrected chi connectivity index (χ0v) is 16.5. The Morgan fingerprint density at radius 2 is 1.36 bits per heavy atom. The molecule has 170 valence electrons. The molecule has 3 aromatic rings. The van der Waals surface area contributed by atoms with Gasteiger partial charge in [-0.1, -0.05) is 0 Å². The van der Waals surface area contributed by atoms with Gasteiger partial charge in [0.1, 0.15) is 24.0 Å². The summed E-state index contributed by atoms with van der Waals surface area (Å²) in [7, 11) is 0. The molecule has 33 heavy (non-hydrogen) atoms. The number of aromatic hydroxyl groups is 3. The van der Waals surface area contributed by atoms with Crippen LogP contribution in [-0.2, 0) is 19.2 Å². The molecular weight excluding hydrogens is 444 g/mol. The van der Waals surface area contributed by atoms with Crippen LogP contribution in [0.2, 0.25) is 0 Å². The van der Waals surface area contributed by atoms with E-state index in [1.165, 1.54) is 6.07 Å². The average Bonchev–Trinajstić information content (AvgIpc) is 2.68. The molecule has 12 nitrogen and oxygen atoms in total. The predicted molar refractivity (Wildman–Crippen MR) is 107 cm³/mol. The summed E-state index contributed by atoms with van der Waals surface area (Å²) in [6.45, 7) is 0. The van der Waals surface area contributed by atoms with Gasteiger partial charge in [-0.05, 0) is 12.1 Å². The number of benzene rings is 2. The monoisotopic (exact) mass is 459 g/mol. The molecule has 0 aliphatic rings. The van der Waals surface area contributed by atoms with Crippen LogP contribution in [0.5, 0.6) is 28.7 Å². The zero-order valence-electron chi connectivity index (χ0n) is 16.5. The first-order valence-electron chi connectivity index (χ1n) is 9.04. The van der Waals surface area contributed by atoms with Crippen LogP contribution in [0.3, 0.4) is 0 Å². The fraction of sp³-hybridized carbons (Fsp3) is 0.0952. The van der Waals surface area contributed by atoms with E-state index < -0.39 is 54.0 Å². The maximum Gasteiger partial charge on any atom is 0.403 e. The Balaban J connectivity index is 2.19.